The van der Waals surface area contributed by atoms with E-state index in [1.54, 1.807) is 0 Å². The average molecular weight is 169 g/mol. The lowest BCUT2D eigenvalue weighted by molar-refractivity contribution is 0.255. The Labute approximate surface area is 70.9 Å². The van der Waals surface area contributed by atoms with Crippen LogP contribution in [0.2, 0.25) is 5.02 Å². The molecule has 1 aliphatic heterocycles. The minimum Gasteiger partial charge on any atom is -0.489 e. The third-order valence-electron chi connectivity index (χ3n) is 1.87. The molecule has 1 unspecified atom stereocenters. The van der Waals surface area contributed by atoms with E-state index in [9.17, 15) is 0 Å². The number of halogens is 1. The molecule has 1 aromatic rings. The van der Waals surface area contributed by atoms with E-state index in [1.165, 1.54) is 5.56 Å². The first-order chi connectivity index (χ1) is 5.27. The quantitative estimate of drug-likeness (QED) is 0.579. The summed E-state index contributed by atoms with van der Waals surface area (Å²) in [4.78, 5) is 0. The van der Waals surface area contributed by atoms with Gasteiger partial charge in [0.05, 0.1) is 5.02 Å². The highest BCUT2D eigenvalue weighted by molar-refractivity contribution is 6.32. The minimum absolute atomic E-state index is 0.282. The van der Waals surface area contributed by atoms with Crippen LogP contribution in [0.15, 0.2) is 18.2 Å². The Morgan fingerprint density at radius 1 is 1.55 bits per heavy atom. The van der Waals surface area contributed by atoms with Crippen LogP contribution in [0, 0.1) is 0 Å². The molecule has 0 N–H and O–H groups in total. The molecule has 0 radical (unpaired) electrons. The second-order valence-electron chi connectivity index (χ2n) is 2.86. The van der Waals surface area contributed by atoms with Crippen molar-refractivity contribution in [3.8, 4) is 5.75 Å². The molecule has 58 valence electrons. The fraction of sp³-hybridized carbons (Fsp3) is 0.333. The van der Waals surface area contributed by atoms with E-state index < -0.39 is 0 Å². The molecule has 1 atom stereocenters. The Hall–Kier alpha value is -0.690. The van der Waals surface area contributed by atoms with Gasteiger partial charge in [0.25, 0.3) is 0 Å². The Morgan fingerprint density at radius 2 is 2.36 bits per heavy atom. The van der Waals surface area contributed by atoms with Gasteiger partial charge in [-0.05, 0) is 18.6 Å². The van der Waals surface area contributed by atoms with Crippen LogP contribution in [-0.2, 0) is 6.42 Å². The molecule has 2 rings (SSSR count). The lowest BCUT2D eigenvalue weighted by atomic mass is 10.1. The third kappa shape index (κ3) is 1.10. The number of rotatable bonds is 0. The number of para-hydroxylation sites is 1. The van der Waals surface area contributed by atoms with Crippen LogP contribution in [0.3, 0.4) is 0 Å². The number of hydrogen-bond donors (Lipinski definition) is 0. The van der Waals surface area contributed by atoms with Crippen LogP contribution in [0.25, 0.3) is 0 Å². The Bertz CT molecular complexity index is 283. The van der Waals surface area contributed by atoms with Gasteiger partial charge in [-0.1, -0.05) is 23.7 Å². The predicted molar refractivity (Wildman–Crippen MR) is 45.2 cm³/mol. The summed E-state index contributed by atoms with van der Waals surface area (Å²) < 4.78 is 5.51. The van der Waals surface area contributed by atoms with Gasteiger partial charge in [-0.2, -0.15) is 0 Å². The maximum absolute atomic E-state index is 5.91. The first-order valence-corrected chi connectivity index (χ1v) is 4.09. The number of hydrogen-bond acceptors (Lipinski definition) is 1. The number of benzene rings is 1. The normalized spacial score (nSPS) is 21.1. The summed E-state index contributed by atoms with van der Waals surface area (Å²) in [6, 6.07) is 5.88. The Morgan fingerprint density at radius 3 is 3.09 bits per heavy atom. The second-order valence-corrected chi connectivity index (χ2v) is 3.27. The van der Waals surface area contributed by atoms with Gasteiger partial charge in [-0.3, -0.25) is 0 Å². The molecule has 1 aromatic carbocycles. The van der Waals surface area contributed by atoms with E-state index in [4.69, 9.17) is 16.3 Å². The van der Waals surface area contributed by atoms with Crippen LogP contribution < -0.4 is 4.74 Å². The summed E-state index contributed by atoms with van der Waals surface area (Å²) in [5.74, 6) is 0.877. The summed E-state index contributed by atoms with van der Waals surface area (Å²) in [7, 11) is 0. The van der Waals surface area contributed by atoms with Crippen LogP contribution in [0.1, 0.15) is 12.5 Å². The highest BCUT2D eigenvalue weighted by Crippen LogP contribution is 2.35. The van der Waals surface area contributed by atoms with Gasteiger partial charge >= 0.3 is 0 Å². The monoisotopic (exact) mass is 168 g/mol. The summed E-state index contributed by atoms with van der Waals surface area (Å²) >= 11 is 5.91. The van der Waals surface area contributed by atoms with Gasteiger partial charge in [-0.25, -0.2) is 0 Å². The maximum Gasteiger partial charge on any atom is 0.141 e. The molecular formula is C9H9ClO. The van der Waals surface area contributed by atoms with Crippen molar-refractivity contribution < 1.29 is 4.74 Å². The van der Waals surface area contributed by atoms with Crippen LogP contribution >= 0.6 is 11.6 Å². The van der Waals surface area contributed by atoms with Crippen molar-refractivity contribution in [2.45, 2.75) is 19.4 Å². The van der Waals surface area contributed by atoms with Crippen LogP contribution in [0.4, 0.5) is 0 Å². The second kappa shape index (κ2) is 2.42. The number of ether oxygens (including phenoxy) is 1. The molecule has 1 heterocycles. The SMILES string of the molecule is CC1Cc2cccc(Cl)c2O1. The largest absolute Gasteiger partial charge is 0.489 e. The van der Waals surface area contributed by atoms with Gasteiger partial charge < -0.3 is 4.74 Å². The maximum atomic E-state index is 5.91. The van der Waals surface area contributed by atoms with Crippen molar-refractivity contribution in [2.75, 3.05) is 0 Å². The molecule has 0 aromatic heterocycles. The number of fused-ring (bicyclic) bond motifs is 1. The minimum atomic E-state index is 0.282. The van der Waals surface area contributed by atoms with Crippen molar-refractivity contribution in [1.29, 1.82) is 0 Å². The Kier molecular flexibility index (Phi) is 1.53. The summed E-state index contributed by atoms with van der Waals surface area (Å²) in [5, 5.41) is 0.729. The molecule has 0 aliphatic carbocycles. The van der Waals surface area contributed by atoms with Gasteiger partial charge in [0, 0.05) is 6.42 Å². The predicted octanol–water partition coefficient (Wildman–Crippen LogP) is 2.66. The van der Waals surface area contributed by atoms with Crippen molar-refractivity contribution in [1.82, 2.24) is 0 Å². The van der Waals surface area contributed by atoms with Crippen molar-refractivity contribution in [3.05, 3.63) is 28.8 Å². The van der Waals surface area contributed by atoms with E-state index in [-0.39, 0.29) is 6.10 Å². The first-order valence-electron chi connectivity index (χ1n) is 3.71. The zero-order valence-corrected chi connectivity index (χ0v) is 7.06. The van der Waals surface area contributed by atoms with E-state index in [1.807, 2.05) is 12.1 Å². The van der Waals surface area contributed by atoms with Gasteiger partial charge in [0.15, 0.2) is 0 Å². The molecule has 0 saturated carbocycles. The van der Waals surface area contributed by atoms with Crippen LogP contribution in [0.5, 0.6) is 5.75 Å². The van der Waals surface area contributed by atoms with Crippen molar-refractivity contribution >= 4 is 11.6 Å². The highest BCUT2D eigenvalue weighted by Gasteiger charge is 2.20. The summed E-state index contributed by atoms with van der Waals surface area (Å²) in [6.45, 7) is 2.05. The first kappa shape index (κ1) is 6.99. The molecule has 0 saturated heterocycles. The Balaban J connectivity index is 2.49. The van der Waals surface area contributed by atoms with Gasteiger partial charge in [0.1, 0.15) is 11.9 Å². The molecule has 1 aliphatic rings. The van der Waals surface area contributed by atoms with Gasteiger partial charge in [0.2, 0.25) is 0 Å². The zero-order valence-electron chi connectivity index (χ0n) is 6.30. The summed E-state index contributed by atoms with van der Waals surface area (Å²) in [6.07, 6.45) is 1.26. The van der Waals surface area contributed by atoms with E-state index in [0.29, 0.717) is 0 Å². The smallest absolute Gasteiger partial charge is 0.141 e. The fourth-order valence-electron chi connectivity index (χ4n) is 1.40. The molecule has 0 amide bonds. The lowest BCUT2D eigenvalue weighted by Crippen LogP contribution is -2.05. The van der Waals surface area contributed by atoms with Crippen molar-refractivity contribution in [3.63, 3.8) is 0 Å². The van der Waals surface area contributed by atoms with E-state index >= 15 is 0 Å². The fourth-order valence-corrected chi connectivity index (χ4v) is 1.64. The molecular weight excluding hydrogens is 160 g/mol. The van der Waals surface area contributed by atoms with E-state index in [2.05, 4.69) is 13.0 Å². The molecule has 0 fully saturated rings. The molecule has 0 bridgehead atoms. The van der Waals surface area contributed by atoms with Crippen molar-refractivity contribution in [2.24, 2.45) is 0 Å². The van der Waals surface area contributed by atoms with Gasteiger partial charge in [-0.15, -0.1) is 0 Å². The van der Waals surface area contributed by atoms with E-state index in [0.717, 1.165) is 17.2 Å². The van der Waals surface area contributed by atoms with Crippen LogP contribution in [-0.4, -0.2) is 6.10 Å². The third-order valence-corrected chi connectivity index (χ3v) is 2.17. The average Bonchev–Trinajstić information content (AvgIpc) is 2.31. The molecule has 0 spiro atoms. The highest BCUT2D eigenvalue weighted by atomic mass is 35.5. The zero-order chi connectivity index (χ0) is 7.84. The standard InChI is InChI=1S/C9H9ClO/c1-6-5-7-3-2-4-8(10)9(7)11-6/h2-4,6H,5H2,1H3. The molecule has 2 heteroatoms. The molecule has 11 heavy (non-hydrogen) atoms. The lowest BCUT2D eigenvalue weighted by Gasteiger charge is -2.03. The topological polar surface area (TPSA) is 9.23 Å². The summed E-state index contributed by atoms with van der Waals surface area (Å²) in [5.41, 5.74) is 1.23. The molecule has 1 nitrogen and oxygen atoms in total.